The van der Waals surface area contributed by atoms with Crippen LogP contribution in [0.3, 0.4) is 0 Å². The zero-order valence-corrected chi connectivity index (χ0v) is 13.6. The monoisotopic (exact) mass is 327 g/mol. The van der Waals surface area contributed by atoms with Crippen molar-refractivity contribution < 1.29 is 0 Å². The molecule has 0 aliphatic carbocycles. The molecule has 0 radical (unpaired) electrons. The van der Waals surface area contributed by atoms with Gasteiger partial charge < -0.3 is 0 Å². The van der Waals surface area contributed by atoms with Gasteiger partial charge in [0.1, 0.15) is 0 Å². The van der Waals surface area contributed by atoms with Crippen molar-refractivity contribution in [2.24, 2.45) is 10.2 Å². The van der Waals surface area contributed by atoms with Gasteiger partial charge in [0.05, 0.1) is 29.5 Å². The first kappa shape index (κ1) is 16.3. The maximum absolute atomic E-state index is 4.10. The number of hydrogen-bond acceptors (Lipinski definition) is 4. The van der Waals surface area contributed by atoms with Gasteiger partial charge in [0.15, 0.2) is 0 Å². The van der Waals surface area contributed by atoms with Crippen molar-refractivity contribution in [1.29, 1.82) is 0 Å². The van der Waals surface area contributed by atoms with Gasteiger partial charge in [0.2, 0.25) is 0 Å². The third kappa shape index (κ3) is 5.21. The lowest BCUT2D eigenvalue weighted by atomic mass is 10.3. The van der Waals surface area contributed by atoms with E-state index in [-0.39, 0.29) is 0 Å². The zero-order chi connectivity index (χ0) is 17.2. The van der Waals surface area contributed by atoms with Gasteiger partial charge in [0.25, 0.3) is 0 Å². The fourth-order valence-electron chi connectivity index (χ4n) is 2.03. The Kier molecular flexibility index (Phi) is 5.78. The Bertz CT molecular complexity index is 832. The molecule has 0 spiro atoms. The highest BCUT2D eigenvalue weighted by Crippen LogP contribution is 2.16. The van der Waals surface area contributed by atoms with Crippen LogP contribution in [-0.4, -0.2) is 15.0 Å². The lowest BCUT2D eigenvalue weighted by molar-refractivity contribution is 0.803. The normalized spacial score (nSPS) is 10.2. The molecule has 0 saturated heterocycles. The van der Waals surface area contributed by atoms with E-state index in [0.29, 0.717) is 0 Å². The molecule has 0 saturated carbocycles. The van der Waals surface area contributed by atoms with Crippen LogP contribution in [0.1, 0.15) is 0 Å². The van der Waals surface area contributed by atoms with Crippen LogP contribution in [0, 0.1) is 0 Å². The van der Waals surface area contributed by atoms with E-state index >= 15 is 0 Å². The van der Waals surface area contributed by atoms with Crippen LogP contribution >= 0.6 is 0 Å². The molecule has 0 aliphatic rings. The van der Waals surface area contributed by atoms with Crippen LogP contribution < -0.4 is 0 Å². The van der Waals surface area contributed by atoms with Crippen molar-refractivity contribution in [3.05, 3.63) is 103 Å². The van der Waals surface area contributed by atoms with E-state index < -0.39 is 0 Å². The van der Waals surface area contributed by atoms with Gasteiger partial charge in [-0.2, -0.15) is 10.2 Å². The minimum atomic E-state index is 0.872. The molecule has 1 aromatic heterocycles. The van der Waals surface area contributed by atoms with Crippen LogP contribution in [-0.2, 0) is 0 Å². The molecule has 4 aromatic rings. The maximum Gasteiger partial charge on any atom is 0.0857 e. The Morgan fingerprint density at radius 3 is 1.52 bits per heavy atom. The third-order valence-electron chi connectivity index (χ3n) is 3.24. The number of aromatic nitrogens is 3. The predicted molar refractivity (Wildman–Crippen MR) is 98.4 cm³/mol. The van der Waals surface area contributed by atoms with E-state index in [0.717, 1.165) is 17.1 Å². The summed E-state index contributed by atoms with van der Waals surface area (Å²) in [6.45, 7) is 0. The SMILES string of the molecule is c1ccc(-n2ccnn2)cc1.c1ccc(/N=N/c2ccccc2)cc1. The zero-order valence-electron chi connectivity index (χ0n) is 13.6. The first-order valence-electron chi connectivity index (χ1n) is 7.85. The largest absolute Gasteiger partial charge is 0.221 e. The van der Waals surface area contributed by atoms with Gasteiger partial charge in [-0.05, 0) is 36.4 Å². The Hall–Kier alpha value is -3.60. The quantitative estimate of drug-likeness (QED) is 0.475. The molecule has 4 rings (SSSR count). The molecular weight excluding hydrogens is 310 g/mol. The van der Waals surface area contributed by atoms with Gasteiger partial charge in [-0.25, -0.2) is 4.68 Å². The number of nitrogens with zero attached hydrogens (tertiary/aromatic N) is 5. The van der Waals surface area contributed by atoms with E-state index in [2.05, 4.69) is 20.5 Å². The number of para-hydroxylation sites is 1. The Morgan fingerprint density at radius 2 is 1.08 bits per heavy atom. The number of azo groups is 1. The van der Waals surface area contributed by atoms with Crippen LogP contribution in [0.4, 0.5) is 11.4 Å². The Labute approximate surface area is 146 Å². The maximum atomic E-state index is 4.10. The van der Waals surface area contributed by atoms with Crippen molar-refractivity contribution in [3.63, 3.8) is 0 Å². The summed E-state index contributed by atoms with van der Waals surface area (Å²) in [7, 11) is 0. The molecule has 0 amide bonds. The Morgan fingerprint density at radius 1 is 0.600 bits per heavy atom. The second-order valence-corrected chi connectivity index (χ2v) is 5.05. The van der Waals surface area contributed by atoms with Crippen molar-refractivity contribution in [1.82, 2.24) is 15.0 Å². The molecule has 1 heterocycles. The number of benzene rings is 3. The van der Waals surface area contributed by atoms with E-state index in [1.165, 1.54) is 0 Å². The van der Waals surface area contributed by atoms with Crippen molar-refractivity contribution in [2.75, 3.05) is 0 Å². The molecule has 5 heteroatoms. The summed E-state index contributed by atoms with van der Waals surface area (Å²) in [6, 6.07) is 29.3. The summed E-state index contributed by atoms with van der Waals surface area (Å²) in [6.07, 6.45) is 3.47. The molecule has 0 bridgehead atoms. The Balaban J connectivity index is 0.000000150. The number of rotatable bonds is 3. The summed E-state index contributed by atoms with van der Waals surface area (Å²) in [5.41, 5.74) is 2.78. The molecule has 0 atom stereocenters. The van der Waals surface area contributed by atoms with Crippen LogP contribution in [0.15, 0.2) is 114 Å². The standard InChI is InChI=1S/C12H10N2.C8H7N3/c1-3-7-11(8-4-1)13-14-12-9-5-2-6-10-12;1-2-4-8(5-3-1)11-7-6-9-10-11/h1-10H;1-7H/b14-13+;. The summed E-state index contributed by atoms with van der Waals surface area (Å²) in [5, 5.41) is 15.8. The van der Waals surface area contributed by atoms with Crippen molar-refractivity contribution in [3.8, 4) is 5.69 Å². The third-order valence-corrected chi connectivity index (χ3v) is 3.24. The molecule has 5 nitrogen and oxygen atoms in total. The number of hydrogen-bond donors (Lipinski definition) is 0. The highest BCUT2D eigenvalue weighted by Gasteiger charge is 1.91. The lowest BCUT2D eigenvalue weighted by Crippen LogP contribution is -1.93. The van der Waals surface area contributed by atoms with Crippen LogP contribution in [0.2, 0.25) is 0 Å². The highest BCUT2D eigenvalue weighted by atomic mass is 15.4. The van der Waals surface area contributed by atoms with Crippen LogP contribution in [0.25, 0.3) is 5.69 Å². The minimum absolute atomic E-state index is 0.872. The lowest BCUT2D eigenvalue weighted by Gasteiger charge is -1.96. The van der Waals surface area contributed by atoms with E-state index in [1.54, 1.807) is 10.9 Å². The average Bonchev–Trinajstić information content (AvgIpc) is 3.24. The second kappa shape index (κ2) is 8.88. The van der Waals surface area contributed by atoms with Gasteiger partial charge >= 0.3 is 0 Å². The average molecular weight is 327 g/mol. The molecule has 0 aliphatic heterocycles. The molecule has 25 heavy (non-hydrogen) atoms. The molecule has 0 unspecified atom stereocenters. The fraction of sp³-hybridized carbons (Fsp3) is 0. The van der Waals surface area contributed by atoms with Gasteiger partial charge in [0, 0.05) is 0 Å². The first-order valence-corrected chi connectivity index (χ1v) is 7.85. The first-order chi connectivity index (χ1) is 12.4. The van der Waals surface area contributed by atoms with Gasteiger partial charge in [-0.1, -0.05) is 59.8 Å². The minimum Gasteiger partial charge on any atom is -0.221 e. The van der Waals surface area contributed by atoms with Gasteiger partial charge in [-0.15, -0.1) is 5.10 Å². The van der Waals surface area contributed by atoms with E-state index in [9.17, 15) is 0 Å². The van der Waals surface area contributed by atoms with E-state index in [4.69, 9.17) is 0 Å². The molecule has 0 fully saturated rings. The van der Waals surface area contributed by atoms with Crippen LogP contribution in [0.5, 0.6) is 0 Å². The topological polar surface area (TPSA) is 55.4 Å². The summed E-state index contributed by atoms with van der Waals surface area (Å²) >= 11 is 0. The van der Waals surface area contributed by atoms with Crippen molar-refractivity contribution in [2.45, 2.75) is 0 Å². The fourth-order valence-corrected chi connectivity index (χ4v) is 2.03. The predicted octanol–water partition coefficient (Wildman–Crippen LogP) is 5.37. The smallest absolute Gasteiger partial charge is 0.0857 e. The molecule has 122 valence electrons. The summed E-state index contributed by atoms with van der Waals surface area (Å²) in [4.78, 5) is 0. The van der Waals surface area contributed by atoms with E-state index in [1.807, 2.05) is 97.2 Å². The van der Waals surface area contributed by atoms with Gasteiger partial charge in [-0.3, -0.25) is 0 Å². The highest BCUT2D eigenvalue weighted by molar-refractivity contribution is 5.39. The molecule has 0 N–H and O–H groups in total. The second-order valence-electron chi connectivity index (χ2n) is 5.05. The summed E-state index contributed by atoms with van der Waals surface area (Å²) < 4.78 is 1.72. The molecular formula is C20H17N5. The molecule has 3 aromatic carbocycles. The summed E-state index contributed by atoms with van der Waals surface area (Å²) in [5.74, 6) is 0. The van der Waals surface area contributed by atoms with Crippen molar-refractivity contribution >= 4 is 11.4 Å².